The summed E-state index contributed by atoms with van der Waals surface area (Å²) in [5.74, 6) is 0.218. The molecule has 0 atom stereocenters. The van der Waals surface area contributed by atoms with Gasteiger partial charge in [0, 0.05) is 15.6 Å². The van der Waals surface area contributed by atoms with Crippen molar-refractivity contribution in [3.05, 3.63) is 60.2 Å². The largest absolute Gasteiger partial charge is 0.514 e. The minimum absolute atomic E-state index is 0.149. The Morgan fingerprint density at radius 1 is 1.00 bits per heavy atom. The second-order valence-corrected chi connectivity index (χ2v) is 6.09. The maximum absolute atomic E-state index is 12.3. The number of carbonyl (C=O) groups is 2. The van der Waals surface area contributed by atoms with Gasteiger partial charge in [-0.05, 0) is 19.1 Å². The number of fused-ring (bicyclic) bond motifs is 1. The Labute approximate surface area is 148 Å². The van der Waals surface area contributed by atoms with Crippen LogP contribution in [0.4, 0.5) is 4.79 Å². The first kappa shape index (κ1) is 17.0. The fraction of sp³-hybridized carbons (Fsp3) is 0.158. The van der Waals surface area contributed by atoms with Gasteiger partial charge in [0.05, 0.1) is 6.61 Å². The molecule has 0 aliphatic carbocycles. The van der Waals surface area contributed by atoms with Gasteiger partial charge in [-0.25, -0.2) is 4.79 Å². The molecule has 0 bridgehead atoms. The van der Waals surface area contributed by atoms with Crippen LogP contribution in [-0.2, 0) is 4.74 Å². The maximum atomic E-state index is 12.3. The quantitative estimate of drug-likeness (QED) is 0.473. The molecule has 0 fully saturated rings. The van der Waals surface area contributed by atoms with Crippen molar-refractivity contribution >= 4 is 33.4 Å². The second-order valence-electron chi connectivity index (χ2n) is 5.08. The monoisotopic (exact) mass is 356 g/mol. The van der Waals surface area contributed by atoms with Crippen molar-refractivity contribution in [3.63, 3.8) is 0 Å². The van der Waals surface area contributed by atoms with Gasteiger partial charge in [-0.2, -0.15) is 0 Å². The minimum Gasteiger partial charge on any atom is -0.480 e. The van der Waals surface area contributed by atoms with E-state index in [-0.39, 0.29) is 24.1 Å². The van der Waals surface area contributed by atoms with E-state index in [4.69, 9.17) is 14.2 Å². The van der Waals surface area contributed by atoms with Crippen LogP contribution in [0.2, 0.25) is 0 Å². The van der Waals surface area contributed by atoms with Gasteiger partial charge in [-0.15, -0.1) is 0 Å². The summed E-state index contributed by atoms with van der Waals surface area (Å²) < 4.78 is 16.7. The van der Waals surface area contributed by atoms with E-state index in [2.05, 4.69) is 0 Å². The van der Waals surface area contributed by atoms with Crippen LogP contribution in [0.1, 0.15) is 17.3 Å². The first-order valence-electron chi connectivity index (χ1n) is 7.76. The number of hydrogen-bond donors (Lipinski definition) is 0. The van der Waals surface area contributed by atoms with Crippen molar-refractivity contribution < 1.29 is 23.8 Å². The number of carbonyl (C=O) groups excluding carboxylic acids is 2. The van der Waals surface area contributed by atoms with Gasteiger partial charge in [0.2, 0.25) is 5.06 Å². The average molecular weight is 356 g/mol. The maximum Gasteiger partial charge on any atom is 0.514 e. The van der Waals surface area contributed by atoms with Crippen LogP contribution in [0, 0.1) is 0 Å². The molecule has 0 radical (unpaired) electrons. The third kappa shape index (κ3) is 3.97. The Hall–Kier alpha value is -2.86. The molecule has 0 saturated heterocycles. The van der Waals surface area contributed by atoms with E-state index < -0.39 is 6.16 Å². The van der Waals surface area contributed by atoms with Gasteiger partial charge in [0.25, 0.3) is 0 Å². The minimum atomic E-state index is -0.798. The highest BCUT2D eigenvalue weighted by molar-refractivity contribution is 7.21. The molecule has 0 amide bonds. The molecule has 0 saturated carbocycles. The molecular weight excluding hydrogens is 340 g/mol. The second kappa shape index (κ2) is 7.81. The summed E-state index contributed by atoms with van der Waals surface area (Å²) in [6.07, 6.45) is -0.798. The van der Waals surface area contributed by atoms with Gasteiger partial charge >= 0.3 is 6.16 Å². The highest BCUT2D eigenvalue weighted by Gasteiger charge is 2.19. The predicted octanol–water partition coefficient (Wildman–Crippen LogP) is 4.70. The Kier molecular flexibility index (Phi) is 5.30. The molecule has 2 aromatic carbocycles. The molecule has 0 aliphatic heterocycles. The van der Waals surface area contributed by atoms with Crippen LogP contribution < -0.4 is 9.47 Å². The normalized spacial score (nSPS) is 10.4. The van der Waals surface area contributed by atoms with Gasteiger partial charge in [0.15, 0.2) is 18.1 Å². The summed E-state index contributed by atoms with van der Waals surface area (Å²) >= 11 is 1.27. The Bertz CT molecular complexity index is 885. The molecule has 6 heteroatoms. The molecule has 1 aromatic heterocycles. The van der Waals surface area contributed by atoms with Gasteiger partial charge in [-0.1, -0.05) is 53.8 Å². The zero-order chi connectivity index (χ0) is 17.6. The van der Waals surface area contributed by atoms with Crippen molar-refractivity contribution in [3.8, 4) is 10.8 Å². The first-order chi connectivity index (χ1) is 12.2. The van der Waals surface area contributed by atoms with E-state index in [9.17, 15) is 9.59 Å². The van der Waals surface area contributed by atoms with Crippen LogP contribution in [0.5, 0.6) is 10.8 Å². The molecule has 0 unspecified atom stereocenters. The van der Waals surface area contributed by atoms with Crippen LogP contribution in [0.25, 0.3) is 10.1 Å². The highest BCUT2D eigenvalue weighted by Crippen LogP contribution is 2.44. The highest BCUT2D eigenvalue weighted by atomic mass is 32.1. The Morgan fingerprint density at radius 2 is 1.72 bits per heavy atom. The number of ether oxygens (including phenoxy) is 3. The van der Waals surface area contributed by atoms with E-state index in [0.29, 0.717) is 11.3 Å². The summed E-state index contributed by atoms with van der Waals surface area (Å²) in [4.78, 5) is 23.9. The molecule has 1 heterocycles. The lowest BCUT2D eigenvalue weighted by molar-refractivity contribution is 0.0916. The Balaban J connectivity index is 1.83. The van der Waals surface area contributed by atoms with Crippen LogP contribution in [-0.4, -0.2) is 25.2 Å². The lowest BCUT2D eigenvalue weighted by Crippen LogP contribution is -2.13. The SMILES string of the molecule is CCOC(=O)Oc1sc2ccccc2c1OCC(=O)c1ccccc1. The van der Waals surface area contributed by atoms with Crippen LogP contribution in [0.3, 0.4) is 0 Å². The summed E-state index contributed by atoms with van der Waals surface area (Å²) in [5, 5.41) is 1.06. The molecule has 5 nitrogen and oxygen atoms in total. The number of Topliss-reactive ketones (excluding diaryl/α,β-unsaturated/α-hetero) is 1. The van der Waals surface area contributed by atoms with Gasteiger partial charge < -0.3 is 14.2 Å². The van der Waals surface area contributed by atoms with E-state index in [1.807, 2.05) is 30.3 Å². The number of benzene rings is 2. The van der Waals surface area contributed by atoms with Crippen LogP contribution >= 0.6 is 11.3 Å². The summed E-state index contributed by atoms with van der Waals surface area (Å²) in [7, 11) is 0. The van der Waals surface area contributed by atoms with E-state index in [1.165, 1.54) is 11.3 Å². The number of hydrogen-bond acceptors (Lipinski definition) is 6. The van der Waals surface area contributed by atoms with E-state index in [1.54, 1.807) is 31.2 Å². The molecule has 3 aromatic rings. The topological polar surface area (TPSA) is 61.8 Å². The average Bonchev–Trinajstić information content (AvgIpc) is 2.97. The number of ketones is 1. The molecule has 0 N–H and O–H groups in total. The van der Waals surface area contributed by atoms with Gasteiger partial charge in [-0.3, -0.25) is 4.79 Å². The summed E-state index contributed by atoms with van der Waals surface area (Å²) in [5.41, 5.74) is 0.565. The molecule has 128 valence electrons. The lowest BCUT2D eigenvalue weighted by Gasteiger charge is -2.08. The van der Waals surface area contributed by atoms with Crippen molar-refractivity contribution in [2.75, 3.05) is 13.2 Å². The molecule has 3 rings (SSSR count). The van der Waals surface area contributed by atoms with Gasteiger partial charge in [0.1, 0.15) is 0 Å². The standard InChI is InChI=1S/C19H16O5S/c1-2-22-19(21)24-18-17(14-10-6-7-11-16(14)25-18)23-12-15(20)13-8-4-3-5-9-13/h3-11H,2,12H2,1H3. The number of thiophene rings is 1. The summed E-state index contributed by atoms with van der Waals surface area (Å²) in [6, 6.07) is 16.4. The first-order valence-corrected chi connectivity index (χ1v) is 8.58. The third-order valence-electron chi connectivity index (χ3n) is 3.40. The zero-order valence-corrected chi connectivity index (χ0v) is 14.4. The summed E-state index contributed by atoms with van der Waals surface area (Å²) in [6.45, 7) is 1.76. The van der Waals surface area contributed by atoms with Crippen molar-refractivity contribution in [1.29, 1.82) is 0 Å². The van der Waals surface area contributed by atoms with Crippen molar-refractivity contribution in [2.24, 2.45) is 0 Å². The lowest BCUT2D eigenvalue weighted by atomic mass is 10.1. The van der Waals surface area contributed by atoms with Crippen molar-refractivity contribution in [1.82, 2.24) is 0 Å². The fourth-order valence-electron chi connectivity index (χ4n) is 2.27. The molecular formula is C19H16O5S. The third-order valence-corrected chi connectivity index (χ3v) is 4.43. The van der Waals surface area contributed by atoms with E-state index in [0.717, 1.165) is 10.1 Å². The van der Waals surface area contributed by atoms with E-state index >= 15 is 0 Å². The van der Waals surface area contributed by atoms with Crippen molar-refractivity contribution in [2.45, 2.75) is 6.92 Å². The molecule has 25 heavy (non-hydrogen) atoms. The number of rotatable bonds is 6. The Morgan fingerprint density at radius 3 is 2.48 bits per heavy atom. The van der Waals surface area contributed by atoms with Crippen LogP contribution in [0.15, 0.2) is 54.6 Å². The molecule has 0 aliphatic rings. The predicted molar refractivity (Wildman–Crippen MR) is 95.7 cm³/mol. The fourth-order valence-corrected chi connectivity index (χ4v) is 3.26. The zero-order valence-electron chi connectivity index (χ0n) is 13.6. The molecule has 0 spiro atoms. The smallest absolute Gasteiger partial charge is 0.480 e.